The first-order chi connectivity index (χ1) is 21.0. The number of aliphatic carboxylic acids is 2. The van der Waals surface area contributed by atoms with Gasteiger partial charge in [0.1, 0.15) is 5.97 Å². The van der Waals surface area contributed by atoms with Gasteiger partial charge in [0.25, 0.3) is 11.7 Å². The number of halogens is 3. The number of hydrogen-bond acceptors (Lipinski definition) is 5. The highest BCUT2D eigenvalue weighted by Gasteiger charge is 2.42. The van der Waals surface area contributed by atoms with E-state index < -0.39 is 29.6 Å². The van der Waals surface area contributed by atoms with Crippen LogP contribution < -0.4 is 21.6 Å². The van der Waals surface area contributed by atoms with Gasteiger partial charge in [-0.2, -0.15) is 13.2 Å². The van der Waals surface area contributed by atoms with Crippen LogP contribution in [-0.2, 0) is 14.4 Å². The van der Waals surface area contributed by atoms with Crippen LogP contribution in [0.5, 0.6) is 0 Å². The van der Waals surface area contributed by atoms with E-state index >= 15 is 0 Å². The van der Waals surface area contributed by atoms with Gasteiger partial charge in [0.15, 0.2) is 0 Å². The molecule has 1 fully saturated rings. The highest BCUT2D eigenvalue weighted by Crippen LogP contribution is 2.38. The van der Waals surface area contributed by atoms with Gasteiger partial charge in [0.05, 0.1) is 17.0 Å². The second kappa shape index (κ2) is 14.2. The number of carbonyl (C=O) groups excluding carboxylic acids is 3. The van der Waals surface area contributed by atoms with E-state index in [1.807, 2.05) is 56.3 Å². The number of fused-ring (bicyclic) bond motifs is 1. The number of rotatable bonds is 8. The van der Waals surface area contributed by atoms with Crippen LogP contribution in [-0.4, -0.2) is 58.9 Å². The molecule has 0 saturated carbocycles. The molecule has 2 amide bonds. The van der Waals surface area contributed by atoms with Gasteiger partial charge >= 0.3 is 12.1 Å². The number of piperidine rings is 1. The molecule has 0 bridgehead atoms. The van der Waals surface area contributed by atoms with Gasteiger partial charge in [-0.15, -0.1) is 0 Å². The zero-order chi connectivity index (χ0) is 33.5. The molecule has 1 heterocycles. The summed E-state index contributed by atoms with van der Waals surface area (Å²) < 4.78 is 31.5. The van der Waals surface area contributed by atoms with Crippen molar-refractivity contribution in [1.29, 1.82) is 0 Å². The zero-order valence-corrected chi connectivity index (χ0v) is 24.8. The molecule has 0 aromatic heterocycles. The van der Waals surface area contributed by atoms with Crippen molar-refractivity contribution < 1.29 is 48.0 Å². The van der Waals surface area contributed by atoms with Gasteiger partial charge in [-0.3, -0.25) is 25.5 Å². The minimum Gasteiger partial charge on any atom is -0.542 e. The number of alkyl halides is 3. The van der Waals surface area contributed by atoms with Crippen molar-refractivity contribution in [3.05, 3.63) is 83.4 Å². The molecule has 4 rings (SSSR count). The van der Waals surface area contributed by atoms with Gasteiger partial charge < -0.3 is 25.2 Å². The standard InChI is InChI=1S/C30H34N4O4.C2HF3O2/c1-30(2,29(38)34-15-13-19(14-16-34)17-25(35)36)26(24-12-7-20-5-3-4-6-23(20)18-24)33-28(37)22-10-8-21(9-11-22)27(31)32;3-2(4,5)1(6)7/h3-12,18-19,26H,13-17H2,1-2H3,(H3,31,32)(H,33,37)(H,35,36);(H,6,7). The summed E-state index contributed by atoms with van der Waals surface area (Å²) >= 11 is 0. The number of nitrogens with zero attached hydrogens (tertiary/aromatic N) is 1. The van der Waals surface area contributed by atoms with Gasteiger partial charge in [-0.1, -0.05) is 36.4 Å². The summed E-state index contributed by atoms with van der Waals surface area (Å²) in [4.78, 5) is 49.0. The Labute approximate surface area is 257 Å². The third kappa shape index (κ3) is 9.03. The maximum atomic E-state index is 13.9. The molecule has 1 aliphatic rings. The molecule has 0 radical (unpaired) electrons. The fraction of sp³-hybridized carbons (Fsp3) is 0.344. The van der Waals surface area contributed by atoms with Crippen LogP contribution in [0.4, 0.5) is 13.2 Å². The first kappa shape index (κ1) is 34.5. The molecule has 1 unspecified atom stereocenters. The summed E-state index contributed by atoms with van der Waals surface area (Å²) in [6.07, 6.45) is -3.78. The molecule has 240 valence electrons. The Kier molecular flexibility index (Phi) is 10.9. The molecule has 0 aliphatic carbocycles. The molecule has 3 aromatic rings. The van der Waals surface area contributed by atoms with Crippen LogP contribution in [0.2, 0.25) is 0 Å². The van der Waals surface area contributed by atoms with Crippen molar-refractivity contribution in [2.24, 2.45) is 17.1 Å². The number of benzene rings is 3. The third-order valence-electron chi connectivity index (χ3n) is 7.73. The van der Waals surface area contributed by atoms with Crippen molar-refractivity contribution in [3.8, 4) is 0 Å². The molecule has 3 aromatic carbocycles. The largest absolute Gasteiger partial charge is 0.542 e. The van der Waals surface area contributed by atoms with E-state index in [1.54, 1.807) is 29.2 Å². The number of amidine groups is 1. The molecule has 1 aliphatic heterocycles. The van der Waals surface area contributed by atoms with E-state index in [0.29, 0.717) is 37.1 Å². The number of amides is 2. The van der Waals surface area contributed by atoms with Crippen LogP contribution in [0, 0.1) is 11.3 Å². The molecule has 0 spiro atoms. The number of nitrogens with two attached hydrogens (primary N) is 2. The fourth-order valence-electron chi connectivity index (χ4n) is 5.21. The van der Waals surface area contributed by atoms with E-state index in [0.717, 1.165) is 16.3 Å². The molecule has 13 heteroatoms. The normalized spacial score (nSPS) is 14.6. The fourth-order valence-corrected chi connectivity index (χ4v) is 5.21. The van der Waals surface area contributed by atoms with Crippen LogP contribution in [0.15, 0.2) is 66.7 Å². The van der Waals surface area contributed by atoms with Crippen molar-refractivity contribution >= 4 is 40.4 Å². The number of carbonyl (C=O) groups is 4. The summed E-state index contributed by atoms with van der Waals surface area (Å²) in [6.45, 7) is 4.70. The van der Waals surface area contributed by atoms with Gasteiger partial charge in [-0.25, -0.2) is 0 Å². The predicted molar refractivity (Wildman–Crippen MR) is 157 cm³/mol. The van der Waals surface area contributed by atoms with Gasteiger partial charge in [0, 0.05) is 25.1 Å². The summed E-state index contributed by atoms with van der Waals surface area (Å²) in [5.74, 6) is -3.97. The molecule has 1 atom stereocenters. The lowest BCUT2D eigenvalue weighted by atomic mass is 9.77. The lowest BCUT2D eigenvalue weighted by Crippen LogP contribution is -2.51. The summed E-state index contributed by atoms with van der Waals surface area (Å²) in [5, 5.41) is 28.8. The monoisotopic (exact) mass is 628 g/mol. The second-order valence-corrected chi connectivity index (χ2v) is 11.4. The lowest BCUT2D eigenvalue weighted by Gasteiger charge is -2.40. The predicted octanol–water partition coefficient (Wildman–Crippen LogP) is 1.81. The van der Waals surface area contributed by atoms with E-state index in [-0.39, 0.29) is 30.0 Å². The van der Waals surface area contributed by atoms with Crippen LogP contribution in [0.25, 0.3) is 10.8 Å². The highest BCUT2D eigenvalue weighted by atomic mass is 19.4. The number of carboxylic acids is 2. The number of likely N-dealkylation sites (tertiary alicyclic amines) is 1. The SMILES string of the molecule is CC(C)(C(=O)N1CCC(CC(=O)O)CC1)C(NC(=O)c1ccc(C(N)=[NH2+])cc1)c1ccc2ccccc2c1.O=C([O-])C(F)(F)F. The Morgan fingerprint density at radius 3 is 2.02 bits per heavy atom. The van der Waals surface area contributed by atoms with E-state index in [9.17, 15) is 27.6 Å². The topological polar surface area (TPSA) is 178 Å². The smallest absolute Gasteiger partial charge is 0.430 e. The second-order valence-electron chi connectivity index (χ2n) is 11.4. The third-order valence-corrected chi connectivity index (χ3v) is 7.73. The van der Waals surface area contributed by atoms with Gasteiger partial charge in [0.2, 0.25) is 5.91 Å². The van der Waals surface area contributed by atoms with E-state index in [2.05, 4.69) is 5.32 Å². The number of hydrogen-bond donors (Lipinski definition) is 4. The van der Waals surface area contributed by atoms with E-state index in [1.165, 1.54) is 0 Å². The molecule has 6 N–H and O–H groups in total. The van der Waals surface area contributed by atoms with Crippen LogP contribution in [0.3, 0.4) is 0 Å². The number of carboxylic acid groups (broad SMARTS) is 2. The maximum Gasteiger partial charge on any atom is 0.430 e. The molecular weight excluding hydrogens is 593 g/mol. The highest BCUT2D eigenvalue weighted by molar-refractivity contribution is 5.98. The van der Waals surface area contributed by atoms with Crippen molar-refractivity contribution in [2.75, 3.05) is 13.1 Å². The summed E-state index contributed by atoms with van der Waals surface area (Å²) in [6, 6.07) is 20.0. The zero-order valence-electron chi connectivity index (χ0n) is 24.8. The Bertz CT molecular complexity index is 1570. The molecular formula is C32H35F3N4O6. The first-order valence-corrected chi connectivity index (χ1v) is 14.1. The van der Waals surface area contributed by atoms with Crippen LogP contribution in [0.1, 0.15) is 60.6 Å². The van der Waals surface area contributed by atoms with Crippen molar-refractivity contribution in [2.45, 2.75) is 45.3 Å². The quantitative estimate of drug-likeness (QED) is 0.217. The molecule has 45 heavy (non-hydrogen) atoms. The van der Waals surface area contributed by atoms with Crippen molar-refractivity contribution in [1.82, 2.24) is 10.2 Å². The summed E-state index contributed by atoms with van der Waals surface area (Å²) in [7, 11) is 0. The Balaban J connectivity index is 0.000000707. The average Bonchev–Trinajstić information content (AvgIpc) is 2.99. The van der Waals surface area contributed by atoms with Gasteiger partial charge in [-0.05, 0) is 79.3 Å². The number of nitrogens with one attached hydrogen (secondary N) is 1. The Morgan fingerprint density at radius 1 is 0.978 bits per heavy atom. The van der Waals surface area contributed by atoms with Crippen LogP contribution >= 0.6 is 0 Å². The maximum absolute atomic E-state index is 13.9. The van der Waals surface area contributed by atoms with E-state index in [4.69, 9.17) is 26.2 Å². The van der Waals surface area contributed by atoms with Crippen molar-refractivity contribution in [3.63, 3.8) is 0 Å². The Hall–Kier alpha value is -4.94. The lowest BCUT2D eigenvalue weighted by molar-refractivity contribution is -0.344. The average molecular weight is 629 g/mol. The minimum absolute atomic E-state index is 0.0680. The summed E-state index contributed by atoms with van der Waals surface area (Å²) in [5.41, 5.74) is 6.57. The molecule has 1 saturated heterocycles. The molecule has 10 nitrogen and oxygen atoms in total. The first-order valence-electron chi connectivity index (χ1n) is 14.1. The minimum atomic E-state index is -5.19. The Morgan fingerprint density at radius 2 is 1.51 bits per heavy atom.